The van der Waals surface area contributed by atoms with Gasteiger partial charge in [-0.15, -0.1) is 0 Å². The van der Waals surface area contributed by atoms with E-state index in [4.69, 9.17) is 4.74 Å². The second kappa shape index (κ2) is 9.03. The van der Waals surface area contributed by atoms with Gasteiger partial charge < -0.3 is 4.74 Å². The van der Waals surface area contributed by atoms with E-state index in [-0.39, 0.29) is 4.90 Å². The molecule has 0 aromatic heterocycles. The Morgan fingerprint density at radius 2 is 1.75 bits per heavy atom. The monoisotopic (exact) mass is 458 g/mol. The topological polar surface area (TPSA) is 67.8 Å². The molecule has 0 aliphatic carbocycles. The number of halogens is 1. The highest BCUT2D eigenvalue weighted by Crippen LogP contribution is 2.23. The van der Waals surface area contributed by atoms with Gasteiger partial charge in [0.1, 0.15) is 12.4 Å². The molecule has 0 aliphatic rings. The van der Waals surface area contributed by atoms with Gasteiger partial charge in [-0.05, 0) is 42.8 Å². The minimum atomic E-state index is -3.73. The predicted octanol–water partition coefficient (Wildman–Crippen LogP) is 4.65. The molecule has 0 unspecified atom stereocenters. The number of hydrogen-bond donors (Lipinski definition) is 1. The van der Waals surface area contributed by atoms with Crippen molar-refractivity contribution >= 4 is 32.2 Å². The molecular weight excluding hydrogens is 440 g/mol. The number of benzene rings is 3. The minimum absolute atomic E-state index is 0.157. The van der Waals surface area contributed by atoms with Crippen LogP contribution < -0.4 is 9.57 Å². The van der Waals surface area contributed by atoms with Crippen LogP contribution in [-0.4, -0.2) is 14.6 Å². The Kier molecular flexibility index (Phi) is 6.49. The minimum Gasteiger partial charge on any atom is -0.488 e. The van der Waals surface area contributed by atoms with Gasteiger partial charge in [-0.3, -0.25) is 0 Å². The van der Waals surface area contributed by atoms with Crippen LogP contribution in [0.2, 0.25) is 0 Å². The molecule has 0 fully saturated rings. The summed E-state index contributed by atoms with van der Waals surface area (Å²) in [6, 6.07) is 21.8. The first-order valence-corrected chi connectivity index (χ1v) is 10.8. The molecule has 3 aromatic rings. The van der Waals surface area contributed by atoms with Crippen molar-refractivity contribution in [2.45, 2.75) is 18.4 Å². The van der Waals surface area contributed by atoms with Crippen LogP contribution in [0.1, 0.15) is 16.7 Å². The first kappa shape index (κ1) is 20.1. The second-order valence-corrected chi connectivity index (χ2v) is 8.70. The average Bonchev–Trinajstić information content (AvgIpc) is 2.68. The Labute approximate surface area is 173 Å². The molecule has 0 bridgehead atoms. The molecule has 0 saturated carbocycles. The van der Waals surface area contributed by atoms with E-state index in [0.717, 1.165) is 15.6 Å². The molecule has 3 aromatic carbocycles. The van der Waals surface area contributed by atoms with Crippen LogP contribution in [-0.2, 0) is 16.6 Å². The maximum absolute atomic E-state index is 12.3. The molecule has 3 rings (SSSR count). The lowest BCUT2D eigenvalue weighted by molar-refractivity contribution is 0.305. The summed E-state index contributed by atoms with van der Waals surface area (Å²) in [7, 11) is -3.73. The number of nitrogens with one attached hydrogen (secondary N) is 1. The summed E-state index contributed by atoms with van der Waals surface area (Å²) < 4.78 is 31.4. The van der Waals surface area contributed by atoms with Gasteiger partial charge in [-0.2, -0.15) is 13.5 Å². The van der Waals surface area contributed by atoms with Crippen LogP contribution in [0.25, 0.3) is 0 Å². The SMILES string of the molecule is Cc1ccc(S(=O)(=O)N/N=C\c2cc(Br)ccc2OCc2ccccc2)cc1. The van der Waals surface area contributed by atoms with Crippen LogP contribution in [0, 0.1) is 6.92 Å². The van der Waals surface area contributed by atoms with Crippen molar-refractivity contribution in [2.75, 3.05) is 0 Å². The smallest absolute Gasteiger partial charge is 0.276 e. The van der Waals surface area contributed by atoms with Crippen molar-refractivity contribution in [3.63, 3.8) is 0 Å². The summed E-state index contributed by atoms with van der Waals surface area (Å²) in [5.74, 6) is 0.602. The summed E-state index contributed by atoms with van der Waals surface area (Å²) in [4.78, 5) is 2.39. The number of hydrogen-bond acceptors (Lipinski definition) is 4. The maximum atomic E-state index is 12.3. The predicted molar refractivity (Wildman–Crippen MR) is 114 cm³/mol. The van der Waals surface area contributed by atoms with Gasteiger partial charge in [0, 0.05) is 10.0 Å². The van der Waals surface area contributed by atoms with Crippen molar-refractivity contribution in [1.29, 1.82) is 0 Å². The Bertz CT molecular complexity index is 1070. The lowest BCUT2D eigenvalue weighted by Gasteiger charge is -2.10. The van der Waals surface area contributed by atoms with Crippen LogP contribution in [0.4, 0.5) is 0 Å². The zero-order chi connectivity index (χ0) is 20.0. The van der Waals surface area contributed by atoms with Crippen molar-refractivity contribution < 1.29 is 13.2 Å². The van der Waals surface area contributed by atoms with E-state index in [2.05, 4.69) is 25.9 Å². The molecule has 5 nitrogen and oxygen atoms in total. The zero-order valence-electron chi connectivity index (χ0n) is 15.2. The van der Waals surface area contributed by atoms with Crippen molar-refractivity contribution in [2.24, 2.45) is 5.10 Å². The van der Waals surface area contributed by atoms with Crippen molar-refractivity contribution in [3.05, 3.63) is 94.0 Å². The molecule has 7 heteroatoms. The Hall–Kier alpha value is -2.64. The number of ether oxygens (including phenoxy) is 1. The Balaban J connectivity index is 1.73. The van der Waals surface area contributed by atoms with E-state index < -0.39 is 10.0 Å². The van der Waals surface area contributed by atoms with E-state index >= 15 is 0 Å². The molecule has 0 aliphatic heterocycles. The van der Waals surface area contributed by atoms with Crippen LogP contribution in [0.15, 0.2) is 87.3 Å². The van der Waals surface area contributed by atoms with Crippen LogP contribution in [0.5, 0.6) is 5.75 Å². The molecular formula is C21H19BrN2O3S. The zero-order valence-corrected chi connectivity index (χ0v) is 17.6. The number of sulfonamides is 1. The van der Waals surface area contributed by atoms with Crippen LogP contribution in [0.3, 0.4) is 0 Å². The van der Waals surface area contributed by atoms with Gasteiger partial charge in [0.15, 0.2) is 0 Å². The fraction of sp³-hybridized carbons (Fsp3) is 0.0952. The summed E-state index contributed by atoms with van der Waals surface area (Å²) >= 11 is 3.41. The summed E-state index contributed by atoms with van der Waals surface area (Å²) in [6.07, 6.45) is 1.43. The molecule has 144 valence electrons. The van der Waals surface area contributed by atoms with E-state index in [1.165, 1.54) is 6.21 Å². The summed E-state index contributed by atoms with van der Waals surface area (Å²) in [6.45, 7) is 2.30. The van der Waals surface area contributed by atoms with E-state index in [1.807, 2.05) is 55.5 Å². The van der Waals surface area contributed by atoms with Crippen molar-refractivity contribution in [1.82, 2.24) is 4.83 Å². The largest absolute Gasteiger partial charge is 0.488 e. The molecule has 0 amide bonds. The maximum Gasteiger partial charge on any atom is 0.276 e. The summed E-state index contributed by atoms with van der Waals surface area (Å²) in [5.41, 5.74) is 2.67. The van der Waals surface area contributed by atoms with Gasteiger partial charge in [0.2, 0.25) is 0 Å². The summed E-state index contributed by atoms with van der Waals surface area (Å²) in [5, 5.41) is 3.91. The molecule has 28 heavy (non-hydrogen) atoms. The molecule has 0 spiro atoms. The lowest BCUT2D eigenvalue weighted by atomic mass is 10.2. The van der Waals surface area contributed by atoms with Gasteiger partial charge in [-0.1, -0.05) is 64.0 Å². The molecule has 1 N–H and O–H groups in total. The first-order valence-electron chi connectivity index (χ1n) is 8.52. The number of rotatable bonds is 7. The Morgan fingerprint density at radius 3 is 2.46 bits per heavy atom. The molecule has 0 atom stereocenters. The third kappa shape index (κ3) is 5.43. The third-order valence-electron chi connectivity index (χ3n) is 3.92. The lowest BCUT2D eigenvalue weighted by Crippen LogP contribution is -2.18. The van der Waals surface area contributed by atoms with Gasteiger partial charge in [0.25, 0.3) is 10.0 Å². The highest BCUT2D eigenvalue weighted by atomic mass is 79.9. The highest BCUT2D eigenvalue weighted by molar-refractivity contribution is 9.10. The van der Waals surface area contributed by atoms with Crippen LogP contribution >= 0.6 is 15.9 Å². The molecule has 0 radical (unpaired) electrons. The molecule has 0 saturated heterocycles. The van der Waals surface area contributed by atoms with Gasteiger partial charge >= 0.3 is 0 Å². The standard InChI is InChI=1S/C21H19BrN2O3S/c1-16-7-10-20(11-8-16)28(25,26)24-23-14-18-13-19(22)9-12-21(18)27-15-17-5-3-2-4-6-17/h2-14,24H,15H2,1H3/b23-14-. The molecule has 0 heterocycles. The fourth-order valence-corrected chi connectivity index (χ4v) is 3.59. The quantitative estimate of drug-likeness (QED) is 0.413. The van der Waals surface area contributed by atoms with E-state index in [1.54, 1.807) is 24.3 Å². The third-order valence-corrected chi connectivity index (χ3v) is 5.65. The second-order valence-electron chi connectivity index (χ2n) is 6.12. The van der Waals surface area contributed by atoms with Crippen molar-refractivity contribution in [3.8, 4) is 5.75 Å². The van der Waals surface area contributed by atoms with Gasteiger partial charge in [-0.25, -0.2) is 4.83 Å². The van der Waals surface area contributed by atoms with E-state index in [9.17, 15) is 8.42 Å². The number of nitrogens with zero attached hydrogens (tertiary/aromatic N) is 1. The van der Waals surface area contributed by atoms with E-state index in [0.29, 0.717) is 17.9 Å². The van der Waals surface area contributed by atoms with Gasteiger partial charge in [0.05, 0.1) is 11.1 Å². The normalized spacial score (nSPS) is 11.5. The Morgan fingerprint density at radius 1 is 1.04 bits per heavy atom. The fourth-order valence-electron chi connectivity index (χ4n) is 2.42. The number of hydrazone groups is 1. The average molecular weight is 459 g/mol. The number of aryl methyl sites for hydroxylation is 1. The first-order chi connectivity index (χ1) is 13.4. The highest BCUT2D eigenvalue weighted by Gasteiger charge is 2.12.